The highest BCUT2D eigenvalue weighted by atomic mass is 16.5. The number of methoxy groups -OCH3 is 2. The molecule has 0 aliphatic carbocycles. The summed E-state index contributed by atoms with van der Waals surface area (Å²) in [7, 11) is 4.79. The normalized spacial score (nSPS) is 10.9. The van der Waals surface area contributed by atoms with Gasteiger partial charge in [0.1, 0.15) is 5.41 Å². The molecule has 1 N–H and O–H groups in total. The predicted octanol–water partition coefficient (Wildman–Crippen LogP) is 3.01. The average Bonchev–Trinajstić information content (AvgIpc) is 2.70. The predicted molar refractivity (Wildman–Crippen MR) is 105 cm³/mol. The molecule has 0 heterocycles. The van der Waals surface area contributed by atoms with E-state index in [2.05, 4.69) is 5.32 Å². The summed E-state index contributed by atoms with van der Waals surface area (Å²) in [5.41, 5.74) is 0.380. The molecule has 0 fully saturated rings. The number of benzene rings is 2. The number of nitrogens with one attached hydrogen (secondary N) is 1. The Morgan fingerprint density at radius 1 is 1.00 bits per heavy atom. The fourth-order valence-corrected chi connectivity index (χ4v) is 2.68. The molecule has 2 aromatic rings. The Balaban J connectivity index is 2.06. The third-order valence-electron chi connectivity index (χ3n) is 4.45. The van der Waals surface area contributed by atoms with Crippen molar-refractivity contribution in [3.63, 3.8) is 0 Å². The summed E-state index contributed by atoms with van der Waals surface area (Å²) in [5.74, 6) is 0.583. The number of hydrogen-bond donors (Lipinski definition) is 1. The molecule has 144 valence electrons. The third kappa shape index (κ3) is 4.58. The zero-order valence-electron chi connectivity index (χ0n) is 16.4. The summed E-state index contributed by atoms with van der Waals surface area (Å²) >= 11 is 0. The van der Waals surface area contributed by atoms with E-state index in [-0.39, 0.29) is 18.4 Å². The summed E-state index contributed by atoms with van der Waals surface area (Å²) in [6, 6.07) is 14.6. The van der Waals surface area contributed by atoms with Crippen molar-refractivity contribution in [1.82, 2.24) is 5.32 Å². The first-order chi connectivity index (χ1) is 12.8. The van der Waals surface area contributed by atoms with Crippen molar-refractivity contribution >= 4 is 17.5 Å². The monoisotopic (exact) mass is 370 g/mol. The van der Waals surface area contributed by atoms with E-state index >= 15 is 0 Å². The summed E-state index contributed by atoms with van der Waals surface area (Å²) in [5, 5.41) is 2.83. The Labute approximate surface area is 160 Å². The van der Waals surface area contributed by atoms with Crippen molar-refractivity contribution in [1.29, 1.82) is 0 Å². The third-order valence-corrected chi connectivity index (χ3v) is 4.45. The number of ether oxygens (including phenoxy) is 2. The van der Waals surface area contributed by atoms with E-state index in [0.29, 0.717) is 11.5 Å². The number of para-hydroxylation sites is 1. The number of nitrogens with zero attached hydrogens (tertiary/aromatic N) is 1. The Bertz CT molecular complexity index is 803. The highest BCUT2D eigenvalue weighted by Crippen LogP contribution is 2.28. The van der Waals surface area contributed by atoms with E-state index in [1.54, 1.807) is 47.2 Å². The van der Waals surface area contributed by atoms with Gasteiger partial charge in [-0.15, -0.1) is 0 Å². The lowest BCUT2D eigenvalue weighted by Gasteiger charge is -2.28. The van der Waals surface area contributed by atoms with Gasteiger partial charge in [-0.1, -0.05) is 24.3 Å². The van der Waals surface area contributed by atoms with Gasteiger partial charge >= 0.3 is 0 Å². The molecule has 0 unspecified atom stereocenters. The van der Waals surface area contributed by atoms with Crippen molar-refractivity contribution in [3.8, 4) is 11.5 Å². The maximum Gasteiger partial charge on any atom is 0.241 e. The number of amides is 2. The molecule has 0 aliphatic heterocycles. The van der Waals surface area contributed by atoms with Crippen LogP contribution in [0.3, 0.4) is 0 Å². The van der Waals surface area contributed by atoms with Crippen molar-refractivity contribution in [3.05, 3.63) is 54.1 Å². The Kier molecular flexibility index (Phi) is 6.45. The van der Waals surface area contributed by atoms with Crippen molar-refractivity contribution < 1.29 is 19.1 Å². The highest BCUT2D eigenvalue weighted by Gasteiger charge is 2.38. The standard InChI is InChI=1S/C21H26N2O4/c1-21(2,20(25)23(3)16-9-7-6-8-10-16)19(24)22-14-15-11-12-17(26-4)18(13-15)27-5/h6-13H,14H2,1-5H3,(H,22,24). The second-order valence-corrected chi connectivity index (χ2v) is 6.70. The van der Waals surface area contributed by atoms with E-state index in [0.717, 1.165) is 11.3 Å². The molecule has 0 bridgehead atoms. The van der Waals surface area contributed by atoms with Crippen LogP contribution in [0.15, 0.2) is 48.5 Å². The van der Waals surface area contributed by atoms with Gasteiger partial charge in [0.25, 0.3) is 0 Å². The average molecular weight is 370 g/mol. The molecular formula is C21H26N2O4. The first-order valence-corrected chi connectivity index (χ1v) is 8.63. The topological polar surface area (TPSA) is 67.9 Å². The lowest BCUT2D eigenvalue weighted by atomic mass is 9.90. The molecular weight excluding hydrogens is 344 g/mol. The van der Waals surface area contributed by atoms with Gasteiger partial charge in [-0.25, -0.2) is 0 Å². The number of anilines is 1. The summed E-state index contributed by atoms with van der Waals surface area (Å²) < 4.78 is 10.5. The molecule has 0 aromatic heterocycles. The molecule has 27 heavy (non-hydrogen) atoms. The minimum atomic E-state index is -1.21. The lowest BCUT2D eigenvalue weighted by Crippen LogP contribution is -2.48. The first kappa shape index (κ1) is 20.3. The highest BCUT2D eigenvalue weighted by molar-refractivity contribution is 6.10. The fourth-order valence-electron chi connectivity index (χ4n) is 2.68. The van der Waals surface area contributed by atoms with Crippen molar-refractivity contribution in [2.45, 2.75) is 20.4 Å². The first-order valence-electron chi connectivity index (χ1n) is 8.63. The molecule has 6 nitrogen and oxygen atoms in total. The quantitative estimate of drug-likeness (QED) is 0.761. The van der Waals surface area contributed by atoms with E-state index in [1.807, 2.05) is 36.4 Å². The second-order valence-electron chi connectivity index (χ2n) is 6.70. The molecule has 2 rings (SSSR count). The van der Waals surface area contributed by atoms with Crippen LogP contribution in [-0.4, -0.2) is 33.1 Å². The smallest absolute Gasteiger partial charge is 0.241 e. The summed E-state index contributed by atoms with van der Waals surface area (Å²) in [4.78, 5) is 27.0. The number of hydrogen-bond acceptors (Lipinski definition) is 4. The Morgan fingerprint density at radius 3 is 2.22 bits per heavy atom. The minimum Gasteiger partial charge on any atom is -0.493 e. The summed E-state index contributed by atoms with van der Waals surface area (Å²) in [6.07, 6.45) is 0. The SMILES string of the molecule is COc1ccc(CNC(=O)C(C)(C)C(=O)N(C)c2ccccc2)cc1OC. The molecule has 2 aromatic carbocycles. The van der Waals surface area contributed by atoms with E-state index in [1.165, 1.54) is 4.90 Å². The molecule has 0 spiro atoms. The lowest BCUT2D eigenvalue weighted by molar-refractivity contribution is -0.139. The number of carbonyl (C=O) groups excluding carboxylic acids is 2. The van der Waals surface area contributed by atoms with Gasteiger partial charge in [-0.05, 0) is 43.7 Å². The Hall–Kier alpha value is -3.02. The van der Waals surface area contributed by atoms with Crippen LogP contribution in [0, 0.1) is 5.41 Å². The van der Waals surface area contributed by atoms with Crippen LogP contribution in [-0.2, 0) is 16.1 Å². The van der Waals surface area contributed by atoms with E-state index in [4.69, 9.17) is 9.47 Å². The van der Waals surface area contributed by atoms with E-state index < -0.39 is 5.41 Å². The molecule has 0 saturated carbocycles. The van der Waals surface area contributed by atoms with Crippen molar-refractivity contribution in [2.24, 2.45) is 5.41 Å². The number of carbonyl (C=O) groups is 2. The van der Waals surface area contributed by atoms with Crippen LogP contribution < -0.4 is 19.7 Å². The zero-order chi connectivity index (χ0) is 20.0. The van der Waals surface area contributed by atoms with Crippen LogP contribution in [0.5, 0.6) is 11.5 Å². The van der Waals surface area contributed by atoms with Gasteiger partial charge in [-0.3, -0.25) is 9.59 Å². The largest absolute Gasteiger partial charge is 0.493 e. The minimum absolute atomic E-state index is 0.279. The van der Waals surface area contributed by atoms with Crippen LogP contribution >= 0.6 is 0 Å². The maximum atomic E-state index is 12.8. The van der Waals surface area contributed by atoms with Crippen LogP contribution in [0.25, 0.3) is 0 Å². The molecule has 0 radical (unpaired) electrons. The van der Waals surface area contributed by atoms with Gasteiger partial charge < -0.3 is 19.7 Å². The van der Waals surface area contributed by atoms with Crippen molar-refractivity contribution in [2.75, 3.05) is 26.2 Å². The maximum absolute atomic E-state index is 12.8. The molecule has 0 aliphatic rings. The van der Waals surface area contributed by atoms with Crippen LogP contribution in [0.2, 0.25) is 0 Å². The summed E-state index contributed by atoms with van der Waals surface area (Å²) in [6.45, 7) is 3.53. The molecule has 6 heteroatoms. The zero-order valence-corrected chi connectivity index (χ0v) is 16.4. The molecule has 0 atom stereocenters. The molecule has 0 saturated heterocycles. The van der Waals surface area contributed by atoms with Gasteiger partial charge in [0.2, 0.25) is 11.8 Å². The molecule has 2 amide bonds. The van der Waals surface area contributed by atoms with Gasteiger partial charge in [0, 0.05) is 19.3 Å². The van der Waals surface area contributed by atoms with E-state index in [9.17, 15) is 9.59 Å². The van der Waals surface area contributed by atoms with Gasteiger partial charge in [0.15, 0.2) is 11.5 Å². The number of rotatable bonds is 7. The van der Waals surface area contributed by atoms with Crippen LogP contribution in [0.1, 0.15) is 19.4 Å². The Morgan fingerprint density at radius 2 is 1.63 bits per heavy atom. The van der Waals surface area contributed by atoms with Gasteiger partial charge in [0.05, 0.1) is 14.2 Å². The second kappa shape index (κ2) is 8.58. The van der Waals surface area contributed by atoms with Gasteiger partial charge in [-0.2, -0.15) is 0 Å². The van der Waals surface area contributed by atoms with Crippen LogP contribution in [0.4, 0.5) is 5.69 Å². The fraction of sp³-hybridized carbons (Fsp3) is 0.333.